The second-order valence-corrected chi connectivity index (χ2v) is 6.20. The molecule has 0 aliphatic rings. The first-order valence-corrected chi connectivity index (χ1v) is 8.68. The Labute approximate surface area is 156 Å². The predicted octanol–water partition coefficient (Wildman–Crippen LogP) is 2.19. The molecule has 2 amide bonds. The fraction of sp³-hybridized carbons (Fsp3) is 0.200. The van der Waals surface area contributed by atoms with E-state index in [9.17, 15) is 14.4 Å². The average Bonchev–Trinajstić information content (AvgIpc) is 2.68. The van der Waals surface area contributed by atoms with Gasteiger partial charge in [0.05, 0.1) is 5.39 Å². The van der Waals surface area contributed by atoms with Gasteiger partial charge >= 0.3 is 0 Å². The van der Waals surface area contributed by atoms with Gasteiger partial charge in [0, 0.05) is 17.5 Å². The quantitative estimate of drug-likeness (QED) is 0.694. The normalized spacial score (nSPS) is 10.6. The molecule has 3 rings (SSSR count). The first kappa shape index (κ1) is 18.3. The Balaban J connectivity index is 1.87. The minimum absolute atomic E-state index is 0.0860. The molecule has 7 heteroatoms. The lowest BCUT2D eigenvalue weighted by molar-refractivity contribution is 0.0843. The van der Waals surface area contributed by atoms with Gasteiger partial charge in [-0.15, -0.1) is 0 Å². The molecule has 0 aliphatic heterocycles. The second kappa shape index (κ2) is 7.82. The van der Waals surface area contributed by atoms with Gasteiger partial charge < -0.3 is 0 Å². The van der Waals surface area contributed by atoms with Crippen molar-refractivity contribution >= 4 is 22.6 Å². The number of rotatable bonds is 4. The molecule has 3 aromatic rings. The molecule has 138 valence electrons. The Hall–Kier alpha value is -3.48. The van der Waals surface area contributed by atoms with Gasteiger partial charge in [0.2, 0.25) is 0 Å². The van der Waals surface area contributed by atoms with Crippen LogP contribution in [0.25, 0.3) is 10.8 Å². The summed E-state index contributed by atoms with van der Waals surface area (Å²) < 4.78 is 1.28. The van der Waals surface area contributed by atoms with Crippen LogP contribution in [-0.4, -0.2) is 21.6 Å². The topological polar surface area (TPSA) is 93.1 Å². The van der Waals surface area contributed by atoms with Crippen molar-refractivity contribution in [2.24, 2.45) is 0 Å². The molecule has 1 heterocycles. The van der Waals surface area contributed by atoms with Crippen molar-refractivity contribution in [2.45, 2.75) is 26.8 Å². The number of carbonyl (C=O) groups is 2. The largest absolute Gasteiger partial charge is 0.290 e. The zero-order valence-corrected chi connectivity index (χ0v) is 15.2. The molecule has 2 aromatic carbocycles. The monoisotopic (exact) mass is 364 g/mol. The molecule has 0 unspecified atom stereocenters. The number of carbonyl (C=O) groups excluding carboxylic acids is 2. The molecule has 0 saturated carbocycles. The molecule has 0 fully saturated rings. The van der Waals surface area contributed by atoms with E-state index in [2.05, 4.69) is 16.0 Å². The van der Waals surface area contributed by atoms with Crippen molar-refractivity contribution in [1.82, 2.24) is 20.6 Å². The van der Waals surface area contributed by atoms with E-state index in [1.54, 1.807) is 36.4 Å². The summed E-state index contributed by atoms with van der Waals surface area (Å²) in [5.41, 5.74) is 6.06. The highest BCUT2D eigenvalue weighted by atomic mass is 16.2. The maximum absolute atomic E-state index is 12.6. The molecule has 0 spiro atoms. The number of hydrazine groups is 1. The molecule has 0 bridgehead atoms. The molecule has 2 N–H and O–H groups in total. The molecule has 0 saturated heterocycles. The lowest BCUT2D eigenvalue weighted by atomic mass is 10.1. The molecule has 1 aromatic heterocycles. The number of hydrogen-bond donors (Lipinski definition) is 2. The third-order valence-electron chi connectivity index (χ3n) is 4.12. The van der Waals surface area contributed by atoms with Crippen LogP contribution in [0.2, 0.25) is 0 Å². The highest BCUT2D eigenvalue weighted by Gasteiger charge is 2.17. The van der Waals surface area contributed by atoms with Crippen molar-refractivity contribution in [3.63, 3.8) is 0 Å². The number of nitrogens with zero attached hydrogens (tertiary/aromatic N) is 2. The number of amides is 2. The summed E-state index contributed by atoms with van der Waals surface area (Å²) in [6.45, 7) is 4.25. The van der Waals surface area contributed by atoms with E-state index in [-0.39, 0.29) is 11.3 Å². The van der Waals surface area contributed by atoms with Crippen LogP contribution in [0.3, 0.4) is 0 Å². The van der Waals surface area contributed by atoms with E-state index < -0.39 is 11.8 Å². The number of benzene rings is 2. The van der Waals surface area contributed by atoms with Crippen molar-refractivity contribution in [3.05, 3.63) is 75.7 Å². The van der Waals surface area contributed by atoms with Crippen LogP contribution in [0.1, 0.15) is 39.8 Å². The lowest BCUT2D eigenvalue weighted by Crippen LogP contribution is -2.42. The lowest BCUT2D eigenvalue weighted by Gasteiger charge is -2.11. The number of hydrogen-bond acceptors (Lipinski definition) is 4. The van der Waals surface area contributed by atoms with Gasteiger partial charge in [-0.25, -0.2) is 4.68 Å². The summed E-state index contributed by atoms with van der Waals surface area (Å²) in [5, 5.41) is 5.05. The van der Waals surface area contributed by atoms with E-state index in [0.717, 1.165) is 5.56 Å². The smallest absolute Gasteiger partial charge is 0.267 e. The number of aryl methyl sites for hydroxylation is 2. The minimum atomic E-state index is -0.587. The van der Waals surface area contributed by atoms with Crippen molar-refractivity contribution in [3.8, 4) is 0 Å². The van der Waals surface area contributed by atoms with E-state index >= 15 is 0 Å². The molecular weight excluding hydrogens is 344 g/mol. The Morgan fingerprint density at radius 2 is 1.59 bits per heavy atom. The summed E-state index contributed by atoms with van der Waals surface area (Å²) in [4.78, 5) is 37.3. The summed E-state index contributed by atoms with van der Waals surface area (Å²) in [6.07, 6.45) is 0.705. The van der Waals surface area contributed by atoms with Gasteiger partial charge in [-0.05, 0) is 31.5 Å². The third-order valence-corrected chi connectivity index (χ3v) is 4.12. The Morgan fingerprint density at radius 1 is 0.963 bits per heavy atom. The van der Waals surface area contributed by atoms with Crippen LogP contribution >= 0.6 is 0 Å². The van der Waals surface area contributed by atoms with Gasteiger partial charge in [-0.3, -0.25) is 25.2 Å². The molecule has 0 atom stereocenters. The minimum Gasteiger partial charge on any atom is -0.267 e. The van der Waals surface area contributed by atoms with Crippen LogP contribution in [-0.2, 0) is 6.54 Å². The number of aromatic nitrogens is 2. The van der Waals surface area contributed by atoms with Gasteiger partial charge in [0.1, 0.15) is 0 Å². The molecular formula is C20H20N4O3. The van der Waals surface area contributed by atoms with Gasteiger partial charge in [-0.1, -0.05) is 42.8 Å². The maximum Gasteiger partial charge on any atom is 0.290 e. The Bertz CT molecular complexity index is 1060. The Morgan fingerprint density at radius 3 is 2.26 bits per heavy atom. The zero-order valence-electron chi connectivity index (χ0n) is 15.2. The van der Waals surface area contributed by atoms with Gasteiger partial charge in [0.25, 0.3) is 17.4 Å². The molecule has 27 heavy (non-hydrogen) atoms. The van der Waals surface area contributed by atoms with E-state index in [0.29, 0.717) is 29.3 Å². The molecule has 0 aliphatic carbocycles. The van der Waals surface area contributed by atoms with Crippen LogP contribution in [0.5, 0.6) is 0 Å². The van der Waals surface area contributed by atoms with Crippen LogP contribution < -0.4 is 16.4 Å². The first-order chi connectivity index (χ1) is 13.0. The van der Waals surface area contributed by atoms with E-state index in [1.807, 2.05) is 26.0 Å². The van der Waals surface area contributed by atoms with Gasteiger partial charge in [-0.2, -0.15) is 5.10 Å². The zero-order chi connectivity index (χ0) is 19.4. The third kappa shape index (κ3) is 3.87. The van der Waals surface area contributed by atoms with Crippen LogP contribution in [0.15, 0.2) is 53.3 Å². The highest BCUT2D eigenvalue weighted by molar-refractivity contribution is 6.06. The molecule has 0 radical (unpaired) electrons. The SMILES string of the molecule is CCCn1nc(C(=O)NNC(=O)c2ccc(C)cc2)c2ccccc2c1=O. The van der Waals surface area contributed by atoms with E-state index in [1.165, 1.54) is 4.68 Å². The summed E-state index contributed by atoms with van der Waals surface area (Å²) >= 11 is 0. The predicted molar refractivity (Wildman–Crippen MR) is 102 cm³/mol. The van der Waals surface area contributed by atoms with Crippen molar-refractivity contribution in [1.29, 1.82) is 0 Å². The first-order valence-electron chi connectivity index (χ1n) is 8.68. The fourth-order valence-corrected chi connectivity index (χ4v) is 2.72. The Kier molecular flexibility index (Phi) is 5.30. The van der Waals surface area contributed by atoms with E-state index in [4.69, 9.17) is 0 Å². The summed E-state index contributed by atoms with van der Waals surface area (Å²) in [5.74, 6) is -1.02. The van der Waals surface area contributed by atoms with Gasteiger partial charge in [0.15, 0.2) is 5.69 Å². The number of nitrogens with one attached hydrogen (secondary N) is 2. The van der Waals surface area contributed by atoms with Crippen LogP contribution in [0.4, 0.5) is 0 Å². The van der Waals surface area contributed by atoms with Crippen molar-refractivity contribution < 1.29 is 9.59 Å². The standard InChI is InChI=1S/C20H20N4O3/c1-3-12-24-20(27)16-7-5-4-6-15(16)17(23-24)19(26)22-21-18(25)14-10-8-13(2)9-11-14/h4-11H,3,12H2,1-2H3,(H,21,25)(H,22,26). The number of fused-ring (bicyclic) bond motifs is 1. The van der Waals surface area contributed by atoms with Crippen molar-refractivity contribution in [2.75, 3.05) is 0 Å². The highest BCUT2D eigenvalue weighted by Crippen LogP contribution is 2.13. The van der Waals surface area contributed by atoms with Crippen LogP contribution in [0, 0.1) is 6.92 Å². The summed E-state index contributed by atoms with van der Waals surface area (Å²) in [7, 11) is 0. The summed E-state index contributed by atoms with van der Waals surface area (Å²) in [6, 6.07) is 13.8. The maximum atomic E-state index is 12.6. The fourth-order valence-electron chi connectivity index (χ4n) is 2.72. The average molecular weight is 364 g/mol. The molecule has 7 nitrogen and oxygen atoms in total. The second-order valence-electron chi connectivity index (χ2n) is 6.20.